The summed E-state index contributed by atoms with van der Waals surface area (Å²) in [6.45, 7) is 1.84. The van der Waals surface area contributed by atoms with E-state index >= 15 is 0 Å². The monoisotopic (exact) mass is 526 g/mol. The van der Waals surface area contributed by atoms with Crippen molar-refractivity contribution < 1.29 is 4.79 Å². The number of amides is 1. The third-order valence-corrected chi connectivity index (χ3v) is 6.82. The van der Waals surface area contributed by atoms with Crippen LogP contribution in [-0.2, 0) is 0 Å². The molecule has 0 aliphatic heterocycles. The van der Waals surface area contributed by atoms with E-state index < -0.39 is 11.9 Å². The second-order valence-corrected chi connectivity index (χ2v) is 9.44. The highest BCUT2D eigenvalue weighted by molar-refractivity contribution is 6.04. The minimum atomic E-state index is -0.550. The number of nitrogens with zero attached hydrogens (tertiary/aromatic N) is 4. The first-order chi connectivity index (χ1) is 19.5. The van der Waals surface area contributed by atoms with Gasteiger partial charge >= 0.3 is 0 Å². The number of aromatic nitrogens is 4. The van der Waals surface area contributed by atoms with E-state index in [1.54, 1.807) is 23.0 Å². The van der Waals surface area contributed by atoms with E-state index in [4.69, 9.17) is 5.73 Å². The van der Waals surface area contributed by atoms with Gasteiger partial charge in [-0.3, -0.25) is 14.2 Å². The summed E-state index contributed by atoms with van der Waals surface area (Å²) in [5.41, 5.74) is 9.63. The average Bonchev–Trinajstić information content (AvgIpc) is 3.32. The molecule has 1 amide bonds. The Labute approximate surface area is 230 Å². The van der Waals surface area contributed by atoms with Gasteiger partial charge in [0.1, 0.15) is 5.56 Å². The second kappa shape index (κ2) is 10.3. The zero-order chi connectivity index (χ0) is 27.6. The highest BCUT2D eigenvalue weighted by atomic mass is 16.2. The molecule has 8 heteroatoms. The number of fused-ring (bicyclic) bond motifs is 2. The van der Waals surface area contributed by atoms with Gasteiger partial charge in [0.05, 0.1) is 11.4 Å². The maximum absolute atomic E-state index is 14.2. The zero-order valence-corrected chi connectivity index (χ0v) is 21.7. The summed E-state index contributed by atoms with van der Waals surface area (Å²) < 4.78 is 3.13. The summed E-state index contributed by atoms with van der Waals surface area (Å²) in [5.74, 6) is -0.345. The van der Waals surface area contributed by atoms with Gasteiger partial charge in [-0.15, -0.1) is 5.10 Å². The summed E-state index contributed by atoms with van der Waals surface area (Å²) in [5, 5.41) is 8.57. The van der Waals surface area contributed by atoms with Crippen molar-refractivity contribution >= 4 is 40.3 Å². The fraction of sp³-hybridized carbons (Fsp3) is 0.0625. The van der Waals surface area contributed by atoms with E-state index in [9.17, 15) is 9.59 Å². The number of nitrogens with one attached hydrogen (secondary N) is 1. The second-order valence-electron chi connectivity index (χ2n) is 9.44. The summed E-state index contributed by atoms with van der Waals surface area (Å²) in [7, 11) is 0. The van der Waals surface area contributed by atoms with E-state index in [2.05, 4.69) is 15.4 Å². The first kappa shape index (κ1) is 24.8. The number of carbonyl (C=O) groups is 1. The predicted octanol–water partition coefficient (Wildman–Crippen LogP) is 5.28. The zero-order valence-electron chi connectivity index (χ0n) is 21.7. The molecule has 0 saturated heterocycles. The molecular weight excluding hydrogens is 500 g/mol. The van der Waals surface area contributed by atoms with Crippen molar-refractivity contribution in [1.29, 1.82) is 0 Å². The maximum atomic E-state index is 14.2. The smallest absolute Gasteiger partial charge is 0.263 e. The van der Waals surface area contributed by atoms with Gasteiger partial charge in [-0.05, 0) is 47.7 Å². The Balaban J connectivity index is 1.47. The van der Waals surface area contributed by atoms with E-state index in [-0.39, 0.29) is 16.9 Å². The van der Waals surface area contributed by atoms with E-state index in [0.717, 1.165) is 16.5 Å². The summed E-state index contributed by atoms with van der Waals surface area (Å²) >= 11 is 0. The highest BCUT2D eigenvalue weighted by Crippen LogP contribution is 2.25. The average molecular weight is 527 g/mol. The number of carbonyl (C=O) groups excluding carboxylic acids is 1. The highest BCUT2D eigenvalue weighted by Gasteiger charge is 2.23. The molecule has 0 spiro atoms. The number of nitrogens with two attached hydrogens (primary N) is 1. The van der Waals surface area contributed by atoms with Crippen LogP contribution in [0.5, 0.6) is 0 Å². The lowest BCUT2D eigenvalue weighted by Crippen LogP contribution is -2.32. The molecule has 3 heterocycles. The standard InChI is InChI=1S/C32H26N6O2/c1-21(35-31(39)28-29(33)36-37-19-9-18-34-30(28)37)26-20-24-13-8-12-23(17-16-22-10-4-2-5-11-22)27(24)32(40)38(26)25-14-6-3-7-15-25/h2-21H,1H3,(H2,33,36)(H,35,39). The van der Waals surface area contributed by atoms with Crippen molar-refractivity contribution in [3.8, 4) is 5.69 Å². The van der Waals surface area contributed by atoms with E-state index in [1.807, 2.05) is 104 Å². The topological polar surface area (TPSA) is 107 Å². The number of hydrogen-bond acceptors (Lipinski definition) is 5. The fourth-order valence-electron chi connectivity index (χ4n) is 4.92. The van der Waals surface area contributed by atoms with Crippen molar-refractivity contribution in [2.24, 2.45) is 0 Å². The Bertz CT molecular complexity index is 1940. The molecule has 6 aromatic rings. The van der Waals surface area contributed by atoms with Gasteiger partial charge < -0.3 is 11.1 Å². The van der Waals surface area contributed by atoms with Gasteiger partial charge in [-0.25, -0.2) is 9.50 Å². The predicted molar refractivity (Wildman–Crippen MR) is 158 cm³/mol. The van der Waals surface area contributed by atoms with Crippen LogP contribution in [0.15, 0.2) is 108 Å². The number of para-hydroxylation sites is 1. The van der Waals surface area contributed by atoms with E-state index in [1.165, 1.54) is 4.52 Å². The summed E-state index contributed by atoms with van der Waals surface area (Å²) in [6.07, 6.45) is 7.21. The van der Waals surface area contributed by atoms with Gasteiger partial charge in [0, 0.05) is 23.8 Å². The number of anilines is 1. The van der Waals surface area contributed by atoms with Gasteiger partial charge in [0.2, 0.25) is 0 Å². The molecule has 40 heavy (non-hydrogen) atoms. The molecule has 0 radical (unpaired) electrons. The lowest BCUT2D eigenvalue weighted by molar-refractivity contribution is 0.0941. The van der Waals surface area contributed by atoms with Crippen molar-refractivity contribution in [3.05, 3.63) is 136 Å². The van der Waals surface area contributed by atoms with Crippen LogP contribution in [0.3, 0.4) is 0 Å². The van der Waals surface area contributed by atoms with Crippen LogP contribution < -0.4 is 16.6 Å². The van der Waals surface area contributed by atoms with Gasteiger partial charge in [0.25, 0.3) is 11.5 Å². The van der Waals surface area contributed by atoms with Crippen molar-refractivity contribution in [2.45, 2.75) is 13.0 Å². The van der Waals surface area contributed by atoms with Crippen LogP contribution in [0.25, 0.3) is 34.3 Å². The fourth-order valence-corrected chi connectivity index (χ4v) is 4.92. The first-order valence-corrected chi connectivity index (χ1v) is 12.9. The lowest BCUT2D eigenvalue weighted by Gasteiger charge is -2.21. The number of hydrogen-bond donors (Lipinski definition) is 2. The quantitative estimate of drug-likeness (QED) is 0.287. The number of pyridine rings is 1. The Morgan fingerprint density at radius 1 is 0.950 bits per heavy atom. The Morgan fingerprint density at radius 2 is 1.70 bits per heavy atom. The van der Waals surface area contributed by atoms with Crippen LogP contribution in [0.1, 0.15) is 40.1 Å². The van der Waals surface area contributed by atoms with Gasteiger partial charge in [-0.2, -0.15) is 0 Å². The number of rotatable bonds is 6. The Morgan fingerprint density at radius 3 is 2.48 bits per heavy atom. The van der Waals surface area contributed by atoms with Gasteiger partial charge in [-0.1, -0.05) is 78.9 Å². The first-order valence-electron chi connectivity index (χ1n) is 12.9. The molecule has 0 fully saturated rings. The molecule has 3 aromatic heterocycles. The van der Waals surface area contributed by atoms with Crippen molar-refractivity contribution in [3.63, 3.8) is 0 Å². The minimum Gasteiger partial charge on any atom is -0.381 e. The molecule has 0 aliphatic rings. The normalized spacial score (nSPS) is 12.2. The van der Waals surface area contributed by atoms with Crippen molar-refractivity contribution in [2.75, 3.05) is 5.73 Å². The minimum absolute atomic E-state index is 0.0807. The van der Waals surface area contributed by atoms with E-state index in [0.29, 0.717) is 22.4 Å². The van der Waals surface area contributed by atoms with Crippen LogP contribution in [0.2, 0.25) is 0 Å². The van der Waals surface area contributed by atoms with Gasteiger partial charge in [0.15, 0.2) is 11.5 Å². The van der Waals surface area contributed by atoms with Crippen LogP contribution in [0.4, 0.5) is 5.82 Å². The molecule has 1 atom stereocenters. The lowest BCUT2D eigenvalue weighted by atomic mass is 10.0. The van der Waals surface area contributed by atoms with Crippen molar-refractivity contribution in [1.82, 2.24) is 24.5 Å². The molecule has 0 aliphatic carbocycles. The molecule has 6 rings (SSSR count). The molecular formula is C32H26N6O2. The van der Waals surface area contributed by atoms with Crippen LogP contribution in [0, 0.1) is 0 Å². The Kier molecular flexibility index (Phi) is 6.41. The molecule has 3 N–H and O–H groups in total. The summed E-state index contributed by atoms with van der Waals surface area (Å²) in [6, 6.07) is 28.2. The molecule has 8 nitrogen and oxygen atoms in total. The third-order valence-electron chi connectivity index (χ3n) is 6.82. The molecule has 1 unspecified atom stereocenters. The SMILES string of the molecule is CC(NC(=O)c1c(N)nn2cccnc12)c1cc2cccc(C=Cc3ccccc3)c2c(=O)n1-c1ccccc1. The summed E-state index contributed by atoms with van der Waals surface area (Å²) in [4.78, 5) is 31.9. The number of nitrogen functional groups attached to an aromatic ring is 1. The third kappa shape index (κ3) is 4.52. The van der Waals surface area contributed by atoms with Crippen LogP contribution >= 0.6 is 0 Å². The Hall–Kier alpha value is -5.50. The molecule has 0 bridgehead atoms. The molecule has 0 saturated carbocycles. The van der Waals surface area contributed by atoms with Crippen LogP contribution in [-0.4, -0.2) is 25.1 Å². The maximum Gasteiger partial charge on any atom is 0.263 e. The number of benzene rings is 3. The molecule has 196 valence electrons. The largest absolute Gasteiger partial charge is 0.381 e. The molecule has 3 aromatic carbocycles.